The normalized spacial score (nSPS) is 13.7. The zero-order chi connectivity index (χ0) is 25.2. The number of fused-ring (bicyclic) bond motifs is 1. The van der Waals surface area contributed by atoms with Gasteiger partial charge in [-0.2, -0.15) is 0 Å². The molecule has 1 amide bonds. The number of ether oxygens (including phenoxy) is 1. The number of anilines is 2. The second-order valence-electron chi connectivity index (χ2n) is 8.90. The summed E-state index contributed by atoms with van der Waals surface area (Å²) in [4.78, 5) is 30.5. The zero-order valence-corrected chi connectivity index (χ0v) is 20.1. The van der Waals surface area contributed by atoms with Crippen LogP contribution in [0.1, 0.15) is 32.9 Å². The summed E-state index contributed by atoms with van der Waals surface area (Å²) in [5.74, 6) is 0.212. The Hall–Kier alpha value is -4.24. The topological polar surface area (TPSA) is 111 Å². The minimum atomic E-state index is -0.453. The molecule has 1 saturated heterocycles. The fraction of sp³-hybridized carbons (Fsp3) is 0.259. The minimum Gasteiger partial charge on any atom is -0.440 e. The van der Waals surface area contributed by atoms with E-state index in [2.05, 4.69) is 10.3 Å². The molecule has 0 atom stereocenters. The van der Waals surface area contributed by atoms with E-state index in [4.69, 9.17) is 9.15 Å². The van der Waals surface area contributed by atoms with Crippen LogP contribution in [0.5, 0.6) is 0 Å². The predicted octanol–water partition coefficient (Wildman–Crippen LogP) is 5.03. The Balaban J connectivity index is 1.28. The number of carbonyl (C=O) groups excluding carboxylic acids is 1. The lowest BCUT2D eigenvalue weighted by Crippen LogP contribution is -2.36. The van der Waals surface area contributed by atoms with Crippen LogP contribution in [0.4, 0.5) is 17.1 Å². The molecule has 1 aromatic heterocycles. The summed E-state index contributed by atoms with van der Waals surface area (Å²) < 4.78 is 11.2. The molecule has 9 heteroatoms. The highest BCUT2D eigenvalue weighted by Crippen LogP contribution is 2.30. The number of nitrogens with one attached hydrogen (secondary N) is 1. The van der Waals surface area contributed by atoms with Crippen LogP contribution < -0.4 is 10.2 Å². The number of oxazole rings is 1. The number of aryl methyl sites for hydroxylation is 2. The molecule has 0 aliphatic carbocycles. The summed E-state index contributed by atoms with van der Waals surface area (Å²) in [5, 5.41) is 14.5. The molecule has 4 aromatic rings. The van der Waals surface area contributed by atoms with E-state index in [1.807, 2.05) is 43.0 Å². The van der Waals surface area contributed by atoms with Crippen LogP contribution in [-0.4, -0.2) is 42.1 Å². The van der Waals surface area contributed by atoms with Crippen molar-refractivity contribution in [1.82, 2.24) is 4.98 Å². The lowest BCUT2D eigenvalue weighted by atomic mass is 10.1. The van der Waals surface area contributed by atoms with Crippen LogP contribution in [0.2, 0.25) is 0 Å². The first-order chi connectivity index (χ1) is 17.4. The van der Waals surface area contributed by atoms with Crippen molar-refractivity contribution in [3.05, 3.63) is 92.9 Å². The Morgan fingerprint density at radius 1 is 1.06 bits per heavy atom. The van der Waals surface area contributed by atoms with E-state index in [1.165, 1.54) is 11.6 Å². The van der Waals surface area contributed by atoms with Crippen molar-refractivity contribution < 1.29 is 18.9 Å². The Kier molecular flexibility index (Phi) is 6.39. The van der Waals surface area contributed by atoms with Crippen molar-refractivity contribution in [3.63, 3.8) is 0 Å². The molecule has 36 heavy (non-hydrogen) atoms. The fourth-order valence-corrected chi connectivity index (χ4v) is 4.27. The maximum absolute atomic E-state index is 12.8. The first-order valence-electron chi connectivity index (χ1n) is 11.8. The summed E-state index contributed by atoms with van der Waals surface area (Å²) in [7, 11) is 0. The molecule has 1 aliphatic rings. The van der Waals surface area contributed by atoms with Gasteiger partial charge in [-0.3, -0.25) is 14.9 Å². The maximum atomic E-state index is 12.8. The highest BCUT2D eigenvalue weighted by atomic mass is 16.6. The van der Waals surface area contributed by atoms with Crippen molar-refractivity contribution in [2.24, 2.45) is 0 Å². The van der Waals surface area contributed by atoms with Gasteiger partial charge >= 0.3 is 0 Å². The van der Waals surface area contributed by atoms with Gasteiger partial charge in [0.1, 0.15) is 11.2 Å². The van der Waals surface area contributed by atoms with E-state index in [1.54, 1.807) is 24.3 Å². The zero-order valence-electron chi connectivity index (χ0n) is 20.1. The molecule has 1 N–H and O–H groups in total. The minimum absolute atomic E-state index is 0.0939. The molecule has 9 nitrogen and oxygen atoms in total. The number of carbonyl (C=O) groups is 1. The van der Waals surface area contributed by atoms with Gasteiger partial charge < -0.3 is 19.4 Å². The van der Waals surface area contributed by atoms with Crippen molar-refractivity contribution >= 4 is 34.1 Å². The number of nitro groups is 1. The Bertz CT molecular complexity index is 1400. The second kappa shape index (κ2) is 9.79. The monoisotopic (exact) mass is 486 g/mol. The van der Waals surface area contributed by atoms with E-state index in [0.717, 1.165) is 22.2 Å². The van der Waals surface area contributed by atoms with Gasteiger partial charge in [0.05, 0.1) is 18.1 Å². The number of nitro benzene ring substituents is 1. The van der Waals surface area contributed by atoms with Crippen molar-refractivity contribution in [2.45, 2.75) is 20.3 Å². The molecule has 0 bridgehead atoms. The number of hydrogen-bond donors (Lipinski definition) is 1. The van der Waals surface area contributed by atoms with Gasteiger partial charge in [-0.1, -0.05) is 12.1 Å². The number of benzene rings is 3. The third-order valence-corrected chi connectivity index (χ3v) is 6.40. The van der Waals surface area contributed by atoms with Gasteiger partial charge in [-0.15, -0.1) is 0 Å². The Morgan fingerprint density at radius 2 is 1.78 bits per heavy atom. The molecule has 2 heterocycles. The van der Waals surface area contributed by atoms with Gasteiger partial charge in [0.25, 0.3) is 11.6 Å². The van der Waals surface area contributed by atoms with Crippen LogP contribution in [0.25, 0.3) is 11.1 Å². The molecule has 0 unspecified atom stereocenters. The fourth-order valence-electron chi connectivity index (χ4n) is 4.27. The third-order valence-electron chi connectivity index (χ3n) is 6.40. The summed E-state index contributed by atoms with van der Waals surface area (Å²) in [6.07, 6.45) is 0.524. The van der Waals surface area contributed by atoms with Gasteiger partial charge in [0, 0.05) is 36.8 Å². The SMILES string of the molecule is Cc1cc2nc(Cc3ccc(NC(=O)c4ccc(N5CCOCC5)c([N+](=O)[O-])c4)cc3)oc2cc1C. The van der Waals surface area contributed by atoms with Crippen LogP contribution >= 0.6 is 0 Å². The quantitative estimate of drug-likeness (QED) is 0.300. The molecular formula is C27H26N4O5. The van der Waals surface area contributed by atoms with E-state index in [0.29, 0.717) is 50.0 Å². The standard InChI is InChI=1S/C27H26N4O5/c1-17-13-22-25(14-18(17)2)36-26(29-22)15-19-3-6-21(7-4-19)28-27(32)20-5-8-23(24(16-20)31(33)34)30-9-11-35-12-10-30/h3-8,13-14,16H,9-12,15H2,1-2H3,(H,28,32). The first-order valence-corrected chi connectivity index (χ1v) is 11.8. The lowest BCUT2D eigenvalue weighted by Gasteiger charge is -2.28. The highest BCUT2D eigenvalue weighted by Gasteiger charge is 2.23. The first kappa shape index (κ1) is 23.5. The van der Waals surface area contributed by atoms with E-state index < -0.39 is 10.8 Å². The lowest BCUT2D eigenvalue weighted by molar-refractivity contribution is -0.384. The van der Waals surface area contributed by atoms with Crippen LogP contribution in [0.3, 0.4) is 0 Å². The van der Waals surface area contributed by atoms with Gasteiger partial charge in [-0.25, -0.2) is 4.98 Å². The summed E-state index contributed by atoms with van der Waals surface area (Å²) in [6, 6.07) is 16.0. The van der Waals surface area contributed by atoms with E-state index in [-0.39, 0.29) is 11.3 Å². The summed E-state index contributed by atoms with van der Waals surface area (Å²) in [5.41, 5.74) is 6.13. The Morgan fingerprint density at radius 3 is 2.50 bits per heavy atom. The highest BCUT2D eigenvalue weighted by molar-refractivity contribution is 6.05. The van der Waals surface area contributed by atoms with E-state index in [9.17, 15) is 14.9 Å². The largest absolute Gasteiger partial charge is 0.440 e. The number of morpholine rings is 1. The van der Waals surface area contributed by atoms with Crippen LogP contribution in [-0.2, 0) is 11.2 Å². The van der Waals surface area contributed by atoms with Crippen molar-refractivity contribution in [1.29, 1.82) is 0 Å². The van der Waals surface area contributed by atoms with Crippen molar-refractivity contribution in [3.8, 4) is 0 Å². The molecule has 1 fully saturated rings. The van der Waals surface area contributed by atoms with Gasteiger partial charge in [-0.05, 0) is 66.9 Å². The average molecular weight is 487 g/mol. The smallest absolute Gasteiger partial charge is 0.293 e. The molecule has 0 spiro atoms. The molecule has 1 aliphatic heterocycles. The van der Waals surface area contributed by atoms with Crippen LogP contribution in [0.15, 0.2) is 59.0 Å². The van der Waals surface area contributed by atoms with Gasteiger partial charge in [0.2, 0.25) is 0 Å². The van der Waals surface area contributed by atoms with Crippen LogP contribution in [0, 0.1) is 24.0 Å². The molecular weight excluding hydrogens is 460 g/mol. The second-order valence-corrected chi connectivity index (χ2v) is 8.90. The number of rotatable bonds is 6. The predicted molar refractivity (Wildman–Crippen MR) is 137 cm³/mol. The Labute approximate surface area is 207 Å². The summed E-state index contributed by atoms with van der Waals surface area (Å²) in [6.45, 7) is 6.26. The number of hydrogen-bond acceptors (Lipinski definition) is 7. The van der Waals surface area contributed by atoms with E-state index >= 15 is 0 Å². The average Bonchev–Trinajstić information content (AvgIpc) is 3.26. The summed E-state index contributed by atoms with van der Waals surface area (Å²) >= 11 is 0. The molecule has 184 valence electrons. The third kappa shape index (κ3) is 4.92. The number of amides is 1. The number of aromatic nitrogens is 1. The molecule has 3 aromatic carbocycles. The maximum Gasteiger partial charge on any atom is 0.293 e. The molecule has 0 saturated carbocycles. The molecule has 5 rings (SSSR count). The van der Waals surface area contributed by atoms with Gasteiger partial charge in [0.15, 0.2) is 11.5 Å². The van der Waals surface area contributed by atoms with Crippen molar-refractivity contribution in [2.75, 3.05) is 36.5 Å². The number of nitrogens with zero attached hydrogens (tertiary/aromatic N) is 3. The molecule has 0 radical (unpaired) electrons.